The predicted molar refractivity (Wildman–Crippen MR) is 76.8 cm³/mol. The Kier molecular flexibility index (Phi) is 4.38. The SMILES string of the molecule is CCC1(CC)CNCC2(CCCCC2C(C)C)O1. The zero-order chi connectivity index (χ0) is 13.2. The molecule has 0 radical (unpaired) electrons. The van der Waals surface area contributed by atoms with Gasteiger partial charge in [-0.05, 0) is 37.5 Å². The maximum Gasteiger partial charge on any atom is 0.0844 e. The largest absolute Gasteiger partial charge is 0.366 e. The molecule has 1 N–H and O–H groups in total. The van der Waals surface area contributed by atoms with Crippen LogP contribution in [0.3, 0.4) is 0 Å². The molecule has 0 amide bonds. The molecule has 1 saturated heterocycles. The first-order chi connectivity index (χ1) is 8.57. The Bertz CT molecular complexity index is 268. The number of nitrogens with one attached hydrogen (secondary N) is 1. The molecule has 2 aliphatic rings. The Labute approximate surface area is 113 Å². The summed E-state index contributed by atoms with van der Waals surface area (Å²) < 4.78 is 6.81. The molecule has 2 rings (SSSR count). The summed E-state index contributed by atoms with van der Waals surface area (Å²) in [4.78, 5) is 0. The quantitative estimate of drug-likeness (QED) is 0.827. The van der Waals surface area contributed by atoms with Gasteiger partial charge in [-0.3, -0.25) is 0 Å². The summed E-state index contributed by atoms with van der Waals surface area (Å²) in [6.45, 7) is 11.4. The fraction of sp³-hybridized carbons (Fsp3) is 1.00. The third-order valence-electron chi connectivity index (χ3n) is 5.43. The molecule has 0 bridgehead atoms. The lowest BCUT2D eigenvalue weighted by Gasteiger charge is -2.54. The minimum atomic E-state index is 0.0860. The molecule has 1 heterocycles. The molecule has 0 aromatic heterocycles. The van der Waals surface area contributed by atoms with Gasteiger partial charge in [0.2, 0.25) is 0 Å². The first kappa shape index (κ1) is 14.3. The second-order valence-corrected chi connectivity index (χ2v) is 6.76. The standard InChI is InChI=1S/C16H31NO/c1-5-15(6-2)11-17-12-16(18-15)10-8-7-9-14(16)13(3)4/h13-14,17H,5-12H2,1-4H3. The van der Waals surface area contributed by atoms with Gasteiger partial charge >= 0.3 is 0 Å². The van der Waals surface area contributed by atoms with Gasteiger partial charge in [0.1, 0.15) is 0 Å². The summed E-state index contributed by atoms with van der Waals surface area (Å²) in [5, 5.41) is 3.70. The van der Waals surface area contributed by atoms with Crippen LogP contribution in [0.1, 0.15) is 66.2 Å². The number of rotatable bonds is 3. The summed E-state index contributed by atoms with van der Waals surface area (Å²) in [6.07, 6.45) is 7.59. The highest BCUT2D eigenvalue weighted by atomic mass is 16.5. The van der Waals surface area contributed by atoms with Crippen molar-refractivity contribution in [1.82, 2.24) is 5.32 Å². The van der Waals surface area contributed by atoms with E-state index in [1.807, 2.05) is 0 Å². The molecule has 1 spiro atoms. The van der Waals surface area contributed by atoms with E-state index in [9.17, 15) is 0 Å². The van der Waals surface area contributed by atoms with Crippen LogP contribution < -0.4 is 5.32 Å². The highest BCUT2D eigenvalue weighted by Gasteiger charge is 2.50. The molecular weight excluding hydrogens is 222 g/mol. The number of hydrogen-bond acceptors (Lipinski definition) is 2. The van der Waals surface area contributed by atoms with E-state index in [1.54, 1.807) is 0 Å². The van der Waals surface area contributed by atoms with Crippen molar-refractivity contribution in [2.45, 2.75) is 77.4 Å². The Morgan fingerprint density at radius 3 is 2.50 bits per heavy atom. The molecule has 2 heteroatoms. The van der Waals surface area contributed by atoms with Gasteiger partial charge in [0.05, 0.1) is 11.2 Å². The van der Waals surface area contributed by atoms with Crippen molar-refractivity contribution < 1.29 is 4.74 Å². The Morgan fingerprint density at radius 1 is 1.17 bits per heavy atom. The second-order valence-electron chi connectivity index (χ2n) is 6.76. The Morgan fingerprint density at radius 2 is 1.89 bits per heavy atom. The number of ether oxygens (including phenoxy) is 1. The van der Waals surface area contributed by atoms with Crippen molar-refractivity contribution >= 4 is 0 Å². The van der Waals surface area contributed by atoms with Crippen LogP contribution in [0.4, 0.5) is 0 Å². The molecule has 2 fully saturated rings. The fourth-order valence-corrected chi connectivity index (χ4v) is 4.17. The maximum absolute atomic E-state index is 6.81. The molecule has 1 aliphatic heterocycles. The molecule has 106 valence electrons. The van der Waals surface area contributed by atoms with E-state index in [-0.39, 0.29) is 11.2 Å². The van der Waals surface area contributed by atoms with Crippen LogP contribution in [0.5, 0.6) is 0 Å². The van der Waals surface area contributed by atoms with E-state index in [0.717, 1.165) is 37.8 Å². The lowest BCUT2D eigenvalue weighted by atomic mass is 9.68. The Hall–Kier alpha value is -0.0800. The van der Waals surface area contributed by atoms with Crippen LogP contribution in [0.2, 0.25) is 0 Å². The zero-order valence-corrected chi connectivity index (χ0v) is 12.7. The Balaban J connectivity index is 2.22. The predicted octanol–water partition coefficient (Wildman–Crippen LogP) is 3.75. The van der Waals surface area contributed by atoms with Gasteiger partial charge < -0.3 is 10.1 Å². The van der Waals surface area contributed by atoms with E-state index < -0.39 is 0 Å². The summed E-state index contributed by atoms with van der Waals surface area (Å²) in [5.41, 5.74) is 0.208. The van der Waals surface area contributed by atoms with E-state index in [1.165, 1.54) is 25.7 Å². The molecule has 0 aromatic rings. The van der Waals surface area contributed by atoms with Crippen molar-refractivity contribution in [3.8, 4) is 0 Å². The van der Waals surface area contributed by atoms with Crippen LogP contribution in [0.15, 0.2) is 0 Å². The first-order valence-electron chi connectivity index (χ1n) is 7.98. The molecule has 2 atom stereocenters. The van der Waals surface area contributed by atoms with E-state index in [2.05, 4.69) is 33.0 Å². The van der Waals surface area contributed by atoms with Crippen molar-refractivity contribution in [3.63, 3.8) is 0 Å². The number of hydrogen-bond donors (Lipinski definition) is 1. The van der Waals surface area contributed by atoms with Crippen LogP contribution in [-0.4, -0.2) is 24.3 Å². The van der Waals surface area contributed by atoms with E-state index >= 15 is 0 Å². The highest BCUT2D eigenvalue weighted by Crippen LogP contribution is 2.45. The molecule has 1 saturated carbocycles. The van der Waals surface area contributed by atoms with Gasteiger partial charge in [-0.25, -0.2) is 0 Å². The third kappa shape index (κ3) is 2.46. The normalized spacial score (nSPS) is 36.2. The zero-order valence-electron chi connectivity index (χ0n) is 12.7. The van der Waals surface area contributed by atoms with E-state index in [4.69, 9.17) is 4.74 Å². The van der Waals surface area contributed by atoms with Crippen LogP contribution in [0.25, 0.3) is 0 Å². The summed E-state index contributed by atoms with van der Waals surface area (Å²) >= 11 is 0. The fourth-order valence-electron chi connectivity index (χ4n) is 4.17. The first-order valence-corrected chi connectivity index (χ1v) is 7.98. The molecule has 18 heavy (non-hydrogen) atoms. The molecule has 1 aliphatic carbocycles. The average Bonchev–Trinajstić information content (AvgIpc) is 2.39. The lowest BCUT2D eigenvalue weighted by molar-refractivity contribution is -0.222. The van der Waals surface area contributed by atoms with Gasteiger partial charge in [-0.2, -0.15) is 0 Å². The molecule has 0 aromatic carbocycles. The summed E-state index contributed by atoms with van der Waals surface area (Å²) in [5.74, 6) is 1.47. The van der Waals surface area contributed by atoms with Gasteiger partial charge in [-0.15, -0.1) is 0 Å². The molecule has 2 unspecified atom stereocenters. The minimum absolute atomic E-state index is 0.0860. The van der Waals surface area contributed by atoms with Crippen LogP contribution in [-0.2, 0) is 4.74 Å². The van der Waals surface area contributed by atoms with Crippen LogP contribution >= 0.6 is 0 Å². The minimum Gasteiger partial charge on any atom is -0.366 e. The molecular formula is C16H31NO. The topological polar surface area (TPSA) is 21.3 Å². The van der Waals surface area contributed by atoms with E-state index in [0.29, 0.717) is 0 Å². The smallest absolute Gasteiger partial charge is 0.0844 e. The highest BCUT2D eigenvalue weighted by molar-refractivity contribution is 5.01. The summed E-state index contributed by atoms with van der Waals surface area (Å²) in [6, 6.07) is 0. The number of morpholine rings is 1. The van der Waals surface area contributed by atoms with Crippen molar-refractivity contribution in [1.29, 1.82) is 0 Å². The maximum atomic E-state index is 6.81. The monoisotopic (exact) mass is 253 g/mol. The van der Waals surface area contributed by atoms with Crippen LogP contribution in [0, 0.1) is 11.8 Å². The lowest BCUT2D eigenvalue weighted by Crippen LogP contribution is -2.64. The second kappa shape index (κ2) is 5.50. The van der Waals surface area contributed by atoms with Crippen molar-refractivity contribution in [2.75, 3.05) is 13.1 Å². The average molecular weight is 253 g/mol. The van der Waals surface area contributed by atoms with Gasteiger partial charge in [-0.1, -0.05) is 40.5 Å². The van der Waals surface area contributed by atoms with Gasteiger partial charge in [0.25, 0.3) is 0 Å². The summed E-state index contributed by atoms with van der Waals surface area (Å²) in [7, 11) is 0. The molecule has 2 nitrogen and oxygen atoms in total. The van der Waals surface area contributed by atoms with Crippen molar-refractivity contribution in [2.24, 2.45) is 11.8 Å². The third-order valence-corrected chi connectivity index (χ3v) is 5.43. The van der Waals surface area contributed by atoms with Gasteiger partial charge in [0.15, 0.2) is 0 Å². The van der Waals surface area contributed by atoms with Crippen molar-refractivity contribution in [3.05, 3.63) is 0 Å². The van der Waals surface area contributed by atoms with Gasteiger partial charge in [0, 0.05) is 13.1 Å².